The third kappa shape index (κ3) is 3.09. The largest absolute Gasteiger partial charge is 0.395 e. The highest BCUT2D eigenvalue weighted by molar-refractivity contribution is 5.72. The van der Waals surface area contributed by atoms with Gasteiger partial charge >= 0.3 is 0 Å². The number of likely N-dealkylation sites (N-methyl/N-ethyl adjacent to an activating group) is 1. The van der Waals surface area contributed by atoms with Crippen LogP contribution in [0.3, 0.4) is 0 Å². The molecule has 0 aromatic rings. The van der Waals surface area contributed by atoms with E-state index < -0.39 is 0 Å². The smallest absolute Gasteiger partial charge is 0.103 e. The van der Waals surface area contributed by atoms with E-state index in [1.165, 1.54) is 5.57 Å². The van der Waals surface area contributed by atoms with E-state index in [1.807, 2.05) is 0 Å². The molecule has 0 radical (unpaired) electrons. The van der Waals surface area contributed by atoms with Gasteiger partial charge in [-0.1, -0.05) is 19.2 Å². The van der Waals surface area contributed by atoms with E-state index in [4.69, 9.17) is 0 Å². The van der Waals surface area contributed by atoms with E-state index >= 15 is 0 Å². The first-order valence-corrected chi connectivity index (χ1v) is 7.82. The zero-order valence-corrected chi connectivity index (χ0v) is 13.5. The summed E-state index contributed by atoms with van der Waals surface area (Å²) in [5.41, 5.74) is 4.23. The molecule has 3 N–H and O–H groups in total. The summed E-state index contributed by atoms with van der Waals surface area (Å²) in [5.74, 6) is 1.08. The molecule has 0 aromatic heterocycles. The van der Waals surface area contributed by atoms with Gasteiger partial charge in [-0.15, -0.1) is 0 Å². The molecule has 22 heavy (non-hydrogen) atoms. The normalized spacial score (nSPS) is 20.8. The maximum absolute atomic E-state index is 9.28. The van der Waals surface area contributed by atoms with E-state index in [0.29, 0.717) is 6.54 Å². The van der Waals surface area contributed by atoms with Crippen molar-refractivity contribution in [3.63, 3.8) is 0 Å². The highest BCUT2D eigenvalue weighted by Crippen LogP contribution is 2.35. The number of rotatable bonds is 7. The van der Waals surface area contributed by atoms with Crippen LogP contribution in [0, 0.1) is 0 Å². The van der Waals surface area contributed by atoms with Crippen molar-refractivity contribution in [1.82, 2.24) is 15.5 Å². The van der Waals surface area contributed by atoms with Crippen LogP contribution in [0.4, 0.5) is 0 Å². The third-order valence-corrected chi connectivity index (χ3v) is 4.05. The second-order valence-electron chi connectivity index (χ2n) is 5.42. The van der Waals surface area contributed by atoms with E-state index in [1.54, 1.807) is 12.3 Å². The Hall–Kier alpha value is -2.01. The van der Waals surface area contributed by atoms with Gasteiger partial charge in [0.05, 0.1) is 18.3 Å². The van der Waals surface area contributed by atoms with Gasteiger partial charge in [0.25, 0.3) is 0 Å². The summed E-state index contributed by atoms with van der Waals surface area (Å²) in [5, 5.41) is 16.1. The summed E-state index contributed by atoms with van der Waals surface area (Å²) < 4.78 is 0. The van der Waals surface area contributed by atoms with Gasteiger partial charge in [0.2, 0.25) is 0 Å². The van der Waals surface area contributed by atoms with Gasteiger partial charge in [-0.25, -0.2) is 0 Å². The SMILES string of the molecule is C=CC=NC1=C(C(=C)N(CC)CCO)C2=C(NCC2)NC1C. The average Bonchev–Trinajstić information content (AvgIpc) is 2.97. The molecule has 1 atom stereocenters. The number of allylic oxidation sites excluding steroid dienone is 2. The summed E-state index contributed by atoms with van der Waals surface area (Å²) >= 11 is 0. The number of hydrogen-bond acceptors (Lipinski definition) is 5. The molecule has 2 aliphatic rings. The van der Waals surface area contributed by atoms with Gasteiger partial charge < -0.3 is 20.6 Å². The van der Waals surface area contributed by atoms with E-state index in [2.05, 4.69) is 47.5 Å². The number of dihydropyridines is 1. The molecule has 2 aliphatic heterocycles. The summed E-state index contributed by atoms with van der Waals surface area (Å²) in [6.07, 6.45) is 4.35. The fraction of sp³-hybridized carbons (Fsp3) is 0.471. The van der Waals surface area contributed by atoms with Crippen molar-refractivity contribution in [3.05, 3.63) is 47.6 Å². The Morgan fingerprint density at radius 3 is 2.95 bits per heavy atom. The number of aliphatic imine (C=N–C) groups is 1. The lowest BCUT2D eigenvalue weighted by Crippen LogP contribution is -2.38. The first-order valence-electron chi connectivity index (χ1n) is 7.82. The molecule has 0 spiro atoms. The van der Waals surface area contributed by atoms with Crippen LogP contribution < -0.4 is 10.6 Å². The van der Waals surface area contributed by atoms with E-state index in [0.717, 1.165) is 42.3 Å². The summed E-state index contributed by atoms with van der Waals surface area (Å²) in [6.45, 7) is 14.6. The highest BCUT2D eigenvalue weighted by Gasteiger charge is 2.31. The maximum atomic E-state index is 9.28. The Morgan fingerprint density at radius 1 is 1.55 bits per heavy atom. The molecule has 0 bridgehead atoms. The average molecular weight is 302 g/mol. The van der Waals surface area contributed by atoms with Crippen molar-refractivity contribution >= 4 is 6.21 Å². The molecular formula is C17H26N4O. The third-order valence-electron chi connectivity index (χ3n) is 4.05. The van der Waals surface area contributed by atoms with Crippen molar-refractivity contribution in [2.45, 2.75) is 26.3 Å². The number of aliphatic hydroxyl groups is 1. The molecule has 0 amide bonds. The molecular weight excluding hydrogens is 276 g/mol. The van der Waals surface area contributed by atoms with Gasteiger partial charge in [0, 0.05) is 42.7 Å². The molecule has 2 rings (SSSR count). The van der Waals surface area contributed by atoms with Crippen LogP contribution in [-0.4, -0.2) is 48.5 Å². The summed E-state index contributed by atoms with van der Waals surface area (Å²) in [6, 6.07) is 0.0973. The molecule has 5 nitrogen and oxygen atoms in total. The van der Waals surface area contributed by atoms with E-state index in [9.17, 15) is 5.11 Å². The van der Waals surface area contributed by atoms with Crippen LogP contribution in [0.1, 0.15) is 20.3 Å². The fourth-order valence-electron chi connectivity index (χ4n) is 2.98. The topological polar surface area (TPSA) is 59.9 Å². The Morgan fingerprint density at radius 2 is 2.32 bits per heavy atom. The Labute approximate surface area is 132 Å². The lowest BCUT2D eigenvalue weighted by atomic mass is 9.93. The standard InChI is InChI=1S/C17H26N4O/c1-5-8-18-16-12(3)20-17-14(7-9-19-17)15(16)13(4)21(6-2)10-11-22/h5,8,12,19-20,22H,1,4,6-7,9-11H2,2-3H3. The van der Waals surface area contributed by atoms with Crippen LogP contribution in [0.15, 0.2) is 52.6 Å². The molecule has 1 unspecified atom stereocenters. The second kappa shape index (κ2) is 7.31. The molecule has 5 heteroatoms. The van der Waals surface area contributed by atoms with Crippen molar-refractivity contribution in [2.75, 3.05) is 26.2 Å². The van der Waals surface area contributed by atoms with Crippen LogP contribution in [0.25, 0.3) is 0 Å². The predicted octanol–water partition coefficient (Wildman–Crippen LogP) is 1.52. The number of hydrogen-bond donors (Lipinski definition) is 3. The molecule has 0 saturated heterocycles. The predicted molar refractivity (Wildman–Crippen MR) is 91.4 cm³/mol. The lowest BCUT2D eigenvalue weighted by Gasteiger charge is -2.32. The second-order valence-corrected chi connectivity index (χ2v) is 5.42. The number of nitrogens with one attached hydrogen (secondary N) is 2. The van der Waals surface area contributed by atoms with Crippen LogP contribution >= 0.6 is 0 Å². The minimum Gasteiger partial charge on any atom is -0.395 e. The van der Waals surface area contributed by atoms with Crippen LogP contribution in [0.5, 0.6) is 0 Å². The zero-order chi connectivity index (χ0) is 16.1. The zero-order valence-electron chi connectivity index (χ0n) is 13.5. The minimum atomic E-state index is 0.0973. The molecule has 0 aliphatic carbocycles. The molecule has 2 heterocycles. The van der Waals surface area contributed by atoms with Gasteiger partial charge in [-0.2, -0.15) is 0 Å². The first-order chi connectivity index (χ1) is 10.6. The van der Waals surface area contributed by atoms with Gasteiger partial charge in [-0.3, -0.25) is 4.99 Å². The number of nitrogens with zero attached hydrogens (tertiary/aromatic N) is 2. The van der Waals surface area contributed by atoms with Crippen LogP contribution in [-0.2, 0) is 0 Å². The van der Waals surface area contributed by atoms with Crippen molar-refractivity contribution < 1.29 is 5.11 Å². The Bertz CT molecular complexity index is 545. The van der Waals surface area contributed by atoms with Crippen molar-refractivity contribution in [2.24, 2.45) is 4.99 Å². The van der Waals surface area contributed by atoms with Crippen molar-refractivity contribution in [1.29, 1.82) is 0 Å². The molecule has 0 fully saturated rings. The molecule has 120 valence electrons. The lowest BCUT2D eigenvalue weighted by molar-refractivity contribution is 0.233. The summed E-state index contributed by atoms with van der Waals surface area (Å²) in [7, 11) is 0. The summed E-state index contributed by atoms with van der Waals surface area (Å²) in [4.78, 5) is 6.68. The van der Waals surface area contributed by atoms with Crippen LogP contribution in [0.2, 0.25) is 0 Å². The molecule has 0 aromatic carbocycles. The van der Waals surface area contributed by atoms with Gasteiger partial charge in [-0.05, 0) is 20.3 Å². The number of aliphatic hydroxyl groups excluding tert-OH is 1. The monoisotopic (exact) mass is 302 g/mol. The maximum Gasteiger partial charge on any atom is 0.103 e. The highest BCUT2D eigenvalue weighted by atomic mass is 16.3. The first kappa shape index (κ1) is 16.4. The van der Waals surface area contributed by atoms with E-state index in [-0.39, 0.29) is 12.6 Å². The van der Waals surface area contributed by atoms with Crippen molar-refractivity contribution in [3.8, 4) is 0 Å². The molecule has 0 saturated carbocycles. The fourth-order valence-corrected chi connectivity index (χ4v) is 2.98. The Balaban J connectivity index is 2.48. The van der Waals surface area contributed by atoms with Gasteiger partial charge in [0.15, 0.2) is 0 Å². The Kier molecular flexibility index (Phi) is 5.44. The van der Waals surface area contributed by atoms with Gasteiger partial charge in [0.1, 0.15) is 5.82 Å². The minimum absolute atomic E-state index is 0.0973. The quantitative estimate of drug-likeness (QED) is 0.624.